The predicted molar refractivity (Wildman–Crippen MR) is 114 cm³/mol. The SMILES string of the molecule is Cl.c1cc2c(cc1CCC1CCCC(CCc3ccc4c(c3)OCO4)N1)OCO2. The van der Waals surface area contributed by atoms with E-state index in [1.165, 1.54) is 43.2 Å². The third kappa shape index (κ3) is 4.73. The molecule has 0 radical (unpaired) electrons. The van der Waals surface area contributed by atoms with Gasteiger partial charge in [-0.1, -0.05) is 18.6 Å². The minimum Gasteiger partial charge on any atom is -0.454 e. The summed E-state index contributed by atoms with van der Waals surface area (Å²) in [6.45, 7) is 0.683. The van der Waals surface area contributed by atoms with Crippen LogP contribution in [0.5, 0.6) is 23.0 Å². The van der Waals surface area contributed by atoms with Crippen LogP contribution in [0.4, 0.5) is 0 Å². The van der Waals surface area contributed by atoms with Crippen molar-refractivity contribution in [1.82, 2.24) is 5.32 Å². The van der Waals surface area contributed by atoms with E-state index in [0.29, 0.717) is 25.7 Å². The van der Waals surface area contributed by atoms with Crippen molar-refractivity contribution >= 4 is 12.4 Å². The van der Waals surface area contributed by atoms with E-state index in [0.717, 1.165) is 35.8 Å². The van der Waals surface area contributed by atoms with Gasteiger partial charge in [0.15, 0.2) is 23.0 Å². The number of aryl methyl sites for hydroxylation is 2. The number of fused-ring (bicyclic) bond motifs is 2. The van der Waals surface area contributed by atoms with Gasteiger partial charge in [-0.05, 0) is 73.9 Å². The Labute approximate surface area is 178 Å². The first-order valence-electron chi connectivity index (χ1n) is 10.4. The fourth-order valence-electron chi connectivity index (χ4n) is 4.44. The summed E-state index contributed by atoms with van der Waals surface area (Å²) in [5, 5.41) is 3.89. The molecule has 156 valence electrons. The van der Waals surface area contributed by atoms with E-state index in [2.05, 4.69) is 29.6 Å². The van der Waals surface area contributed by atoms with E-state index < -0.39 is 0 Å². The third-order valence-corrected chi connectivity index (χ3v) is 6.01. The van der Waals surface area contributed by atoms with Gasteiger partial charge in [0.25, 0.3) is 0 Å². The monoisotopic (exact) mass is 417 g/mol. The number of halogens is 1. The van der Waals surface area contributed by atoms with E-state index in [1.807, 2.05) is 12.1 Å². The molecule has 1 saturated heterocycles. The Kier molecular flexibility index (Phi) is 6.36. The Morgan fingerprint density at radius 2 is 1.17 bits per heavy atom. The molecule has 5 nitrogen and oxygen atoms in total. The van der Waals surface area contributed by atoms with Crippen molar-refractivity contribution in [2.45, 2.75) is 57.0 Å². The fraction of sp³-hybridized carbons (Fsp3) is 0.478. The van der Waals surface area contributed by atoms with Crippen molar-refractivity contribution in [3.63, 3.8) is 0 Å². The molecule has 0 amide bonds. The molecule has 3 aliphatic heterocycles. The number of piperidine rings is 1. The van der Waals surface area contributed by atoms with Crippen LogP contribution in [-0.2, 0) is 12.8 Å². The van der Waals surface area contributed by atoms with Crippen molar-refractivity contribution in [3.8, 4) is 23.0 Å². The predicted octanol–water partition coefficient (Wildman–Crippen LogP) is 4.64. The van der Waals surface area contributed by atoms with Crippen LogP contribution in [0.15, 0.2) is 36.4 Å². The lowest BCUT2D eigenvalue weighted by Crippen LogP contribution is -2.42. The van der Waals surface area contributed by atoms with Crippen LogP contribution in [0, 0.1) is 0 Å². The van der Waals surface area contributed by atoms with E-state index >= 15 is 0 Å². The molecule has 0 aromatic heterocycles. The van der Waals surface area contributed by atoms with Gasteiger partial charge in [0.05, 0.1) is 0 Å². The van der Waals surface area contributed by atoms with Crippen LogP contribution in [0.2, 0.25) is 0 Å². The van der Waals surface area contributed by atoms with E-state index in [4.69, 9.17) is 18.9 Å². The van der Waals surface area contributed by atoms with Gasteiger partial charge in [0.1, 0.15) is 0 Å². The highest BCUT2D eigenvalue weighted by Gasteiger charge is 2.22. The summed E-state index contributed by atoms with van der Waals surface area (Å²) < 4.78 is 21.8. The Morgan fingerprint density at radius 1 is 0.690 bits per heavy atom. The molecule has 5 rings (SSSR count). The molecule has 0 saturated carbocycles. The first-order valence-corrected chi connectivity index (χ1v) is 10.4. The Balaban J connectivity index is 0.00000205. The molecular weight excluding hydrogens is 390 g/mol. The summed E-state index contributed by atoms with van der Waals surface area (Å²) in [6, 6.07) is 13.8. The Hall–Kier alpha value is -2.11. The average Bonchev–Trinajstić information content (AvgIpc) is 3.39. The van der Waals surface area contributed by atoms with Crippen molar-refractivity contribution in [2.24, 2.45) is 0 Å². The standard InChI is InChI=1S/C23H27NO4.ClH/c1-2-18(8-4-16-6-10-20-22(12-16)27-14-25-20)24-19(3-1)9-5-17-7-11-21-23(13-17)28-15-26-21;/h6-7,10-13,18-19,24H,1-5,8-9,14-15H2;1H. The maximum absolute atomic E-state index is 5.50. The van der Waals surface area contributed by atoms with Crippen LogP contribution in [0.1, 0.15) is 43.2 Å². The number of rotatable bonds is 6. The third-order valence-electron chi connectivity index (χ3n) is 6.01. The lowest BCUT2D eigenvalue weighted by molar-refractivity contribution is 0.173. The van der Waals surface area contributed by atoms with Gasteiger partial charge in [0.2, 0.25) is 13.6 Å². The van der Waals surface area contributed by atoms with Crippen LogP contribution in [0.25, 0.3) is 0 Å². The lowest BCUT2D eigenvalue weighted by Gasteiger charge is -2.31. The number of benzene rings is 2. The Morgan fingerprint density at radius 3 is 1.69 bits per heavy atom. The van der Waals surface area contributed by atoms with Gasteiger partial charge < -0.3 is 24.3 Å². The summed E-state index contributed by atoms with van der Waals surface area (Å²) in [5.74, 6) is 3.50. The number of hydrogen-bond acceptors (Lipinski definition) is 5. The van der Waals surface area contributed by atoms with E-state index in [-0.39, 0.29) is 12.4 Å². The van der Waals surface area contributed by atoms with Gasteiger partial charge in [-0.2, -0.15) is 0 Å². The van der Waals surface area contributed by atoms with Crippen LogP contribution >= 0.6 is 12.4 Å². The first-order chi connectivity index (χ1) is 13.8. The molecule has 0 bridgehead atoms. The molecule has 1 N–H and O–H groups in total. The average molecular weight is 418 g/mol. The molecule has 29 heavy (non-hydrogen) atoms. The summed E-state index contributed by atoms with van der Waals surface area (Å²) in [5.41, 5.74) is 2.65. The molecule has 1 fully saturated rings. The second-order valence-corrected chi connectivity index (χ2v) is 7.94. The number of hydrogen-bond donors (Lipinski definition) is 1. The molecule has 3 aliphatic rings. The van der Waals surface area contributed by atoms with Crippen molar-refractivity contribution in [2.75, 3.05) is 13.6 Å². The van der Waals surface area contributed by atoms with Crippen LogP contribution in [0.3, 0.4) is 0 Å². The molecule has 2 aromatic rings. The molecular formula is C23H28ClNO4. The minimum atomic E-state index is 0. The molecule has 3 heterocycles. The molecule has 2 unspecified atom stereocenters. The number of ether oxygens (including phenoxy) is 4. The summed E-state index contributed by atoms with van der Waals surface area (Å²) >= 11 is 0. The molecule has 2 atom stereocenters. The minimum absolute atomic E-state index is 0. The van der Waals surface area contributed by atoms with Gasteiger partial charge in [-0.25, -0.2) is 0 Å². The van der Waals surface area contributed by atoms with E-state index in [1.54, 1.807) is 0 Å². The maximum Gasteiger partial charge on any atom is 0.231 e. The van der Waals surface area contributed by atoms with Crippen molar-refractivity contribution < 1.29 is 18.9 Å². The second-order valence-electron chi connectivity index (χ2n) is 7.94. The highest BCUT2D eigenvalue weighted by atomic mass is 35.5. The molecule has 0 spiro atoms. The van der Waals surface area contributed by atoms with Crippen LogP contribution < -0.4 is 24.3 Å². The van der Waals surface area contributed by atoms with Gasteiger partial charge in [-0.3, -0.25) is 0 Å². The van der Waals surface area contributed by atoms with Crippen molar-refractivity contribution in [3.05, 3.63) is 47.5 Å². The molecule has 6 heteroatoms. The van der Waals surface area contributed by atoms with Gasteiger partial charge >= 0.3 is 0 Å². The smallest absolute Gasteiger partial charge is 0.231 e. The molecule has 2 aromatic carbocycles. The Bertz CT molecular complexity index is 776. The fourth-order valence-corrected chi connectivity index (χ4v) is 4.44. The second kappa shape index (κ2) is 9.14. The highest BCUT2D eigenvalue weighted by Crippen LogP contribution is 2.34. The summed E-state index contributed by atoms with van der Waals surface area (Å²) in [7, 11) is 0. The van der Waals surface area contributed by atoms with Crippen LogP contribution in [-0.4, -0.2) is 25.7 Å². The first kappa shape index (κ1) is 20.2. The van der Waals surface area contributed by atoms with E-state index in [9.17, 15) is 0 Å². The topological polar surface area (TPSA) is 49.0 Å². The summed E-state index contributed by atoms with van der Waals surface area (Å²) in [6.07, 6.45) is 8.33. The quantitative estimate of drug-likeness (QED) is 0.741. The normalized spacial score (nSPS) is 21.7. The number of nitrogens with one attached hydrogen (secondary N) is 1. The zero-order chi connectivity index (χ0) is 18.8. The van der Waals surface area contributed by atoms with Crippen molar-refractivity contribution in [1.29, 1.82) is 0 Å². The zero-order valence-electron chi connectivity index (χ0n) is 16.5. The maximum atomic E-state index is 5.50. The zero-order valence-corrected chi connectivity index (χ0v) is 17.3. The largest absolute Gasteiger partial charge is 0.454 e. The lowest BCUT2D eigenvalue weighted by atomic mass is 9.91. The molecule has 0 aliphatic carbocycles. The highest BCUT2D eigenvalue weighted by molar-refractivity contribution is 5.85. The van der Waals surface area contributed by atoms with Gasteiger partial charge in [0, 0.05) is 12.1 Å². The summed E-state index contributed by atoms with van der Waals surface area (Å²) in [4.78, 5) is 0. The van der Waals surface area contributed by atoms with Gasteiger partial charge in [-0.15, -0.1) is 12.4 Å².